The van der Waals surface area contributed by atoms with Crippen molar-refractivity contribution in [1.82, 2.24) is 4.90 Å². The van der Waals surface area contributed by atoms with Crippen LogP contribution >= 0.6 is 0 Å². The van der Waals surface area contributed by atoms with Crippen molar-refractivity contribution in [2.45, 2.75) is 95.6 Å². The van der Waals surface area contributed by atoms with Crippen LogP contribution in [-0.2, 0) is 4.79 Å². The molecule has 0 aromatic carbocycles. The fourth-order valence-corrected chi connectivity index (χ4v) is 4.01. The highest BCUT2D eigenvalue weighted by Gasteiger charge is 2.73. The second-order valence-corrected chi connectivity index (χ2v) is 7.42. The summed E-state index contributed by atoms with van der Waals surface area (Å²) in [5, 5.41) is 0. The van der Waals surface area contributed by atoms with Crippen LogP contribution in [0.2, 0.25) is 0 Å². The van der Waals surface area contributed by atoms with E-state index in [9.17, 15) is 31.1 Å². The molecule has 25 heavy (non-hydrogen) atoms. The number of carbonyl (C=O) groups excluding carboxylic acids is 1. The minimum absolute atomic E-state index is 0.00597. The first-order chi connectivity index (χ1) is 11.5. The lowest BCUT2D eigenvalue weighted by molar-refractivity contribution is -0.323. The van der Waals surface area contributed by atoms with Gasteiger partial charge in [0.1, 0.15) is 0 Å². The van der Waals surface area contributed by atoms with Gasteiger partial charge in [-0.1, -0.05) is 38.5 Å². The third kappa shape index (κ3) is 3.92. The van der Waals surface area contributed by atoms with Gasteiger partial charge >= 0.3 is 12.4 Å². The number of amides is 1. The van der Waals surface area contributed by atoms with Gasteiger partial charge in [-0.25, -0.2) is 0 Å². The number of nitrogens with zero attached hydrogens (tertiary/aromatic N) is 1. The maximum absolute atomic E-state index is 13.4. The van der Waals surface area contributed by atoms with Crippen molar-refractivity contribution in [2.24, 2.45) is 5.41 Å². The lowest BCUT2D eigenvalue weighted by atomic mass is 9.82. The fourth-order valence-electron chi connectivity index (χ4n) is 4.01. The summed E-state index contributed by atoms with van der Waals surface area (Å²) in [6.45, 7) is -0.00597. The highest BCUT2D eigenvalue weighted by atomic mass is 19.4. The zero-order valence-corrected chi connectivity index (χ0v) is 14.3. The average Bonchev–Trinajstić information content (AvgIpc) is 2.54. The van der Waals surface area contributed by atoms with Crippen molar-refractivity contribution in [1.29, 1.82) is 0 Å². The molecule has 2 rings (SSSR count). The Balaban J connectivity index is 2.41. The van der Waals surface area contributed by atoms with Gasteiger partial charge in [0, 0.05) is 12.1 Å². The summed E-state index contributed by atoms with van der Waals surface area (Å²) in [6, 6.07) is -1.04. The molecule has 0 aliphatic heterocycles. The smallest absolute Gasteiger partial charge is 0.336 e. The van der Waals surface area contributed by atoms with E-state index in [2.05, 4.69) is 0 Å². The van der Waals surface area contributed by atoms with Gasteiger partial charge in [0.15, 0.2) is 0 Å². The molecule has 0 atom stereocenters. The van der Waals surface area contributed by atoms with Crippen LogP contribution in [0.1, 0.15) is 71.1 Å². The molecule has 0 bridgehead atoms. The molecule has 0 radical (unpaired) electrons. The summed E-state index contributed by atoms with van der Waals surface area (Å²) in [6.07, 6.45) is -4.70. The number of hydrogen-bond acceptors (Lipinski definition) is 1. The van der Waals surface area contributed by atoms with E-state index in [1.54, 1.807) is 0 Å². The normalized spacial score (nSPS) is 22.0. The number of carbonyl (C=O) groups is 1. The SMILES string of the molecule is CC(C(=O)N(C1CCCCC1)C1CCCCC1)(C(F)(F)F)C(F)(F)F. The number of rotatable bonds is 3. The highest BCUT2D eigenvalue weighted by Crippen LogP contribution is 2.52. The Labute approximate surface area is 143 Å². The molecule has 0 N–H and O–H groups in total. The molecule has 146 valence electrons. The Morgan fingerprint density at radius 3 is 1.32 bits per heavy atom. The molecule has 2 saturated carbocycles. The minimum Gasteiger partial charge on any atom is -0.336 e. The first kappa shape index (κ1) is 20.4. The number of alkyl halides is 6. The molecule has 2 aliphatic rings. The molecule has 0 saturated heterocycles. The summed E-state index contributed by atoms with van der Waals surface area (Å²) in [5.74, 6) is -1.81. The van der Waals surface area contributed by atoms with Crippen LogP contribution < -0.4 is 0 Å². The predicted molar refractivity (Wildman–Crippen MR) is 80.8 cm³/mol. The van der Waals surface area contributed by atoms with Crippen molar-refractivity contribution < 1.29 is 31.1 Å². The van der Waals surface area contributed by atoms with Gasteiger partial charge in [0.2, 0.25) is 11.3 Å². The molecule has 1 amide bonds. The van der Waals surface area contributed by atoms with Gasteiger partial charge in [-0.2, -0.15) is 26.3 Å². The Morgan fingerprint density at radius 1 is 0.720 bits per heavy atom. The molecular formula is C17H25F6NO. The summed E-state index contributed by atoms with van der Waals surface area (Å²) in [4.78, 5) is 13.7. The predicted octanol–water partition coefficient (Wildman–Crippen LogP) is 5.61. The van der Waals surface area contributed by atoms with Gasteiger partial charge in [-0.15, -0.1) is 0 Å². The quantitative estimate of drug-likeness (QED) is 0.589. The Morgan fingerprint density at radius 2 is 1.04 bits per heavy atom. The first-order valence-corrected chi connectivity index (χ1v) is 8.96. The Kier molecular flexibility index (Phi) is 5.99. The second-order valence-electron chi connectivity index (χ2n) is 7.42. The van der Waals surface area contributed by atoms with Crippen LogP contribution in [0.5, 0.6) is 0 Å². The zero-order valence-electron chi connectivity index (χ0n) is 14.3. The second kappa shape index (κ2) is 7.35. The summed E-state index contributed by atoms with van der Waals surface area (Å²) >= 11 is 0. The van der Waals surface area contributed by atoms with Crippen molar-refractivity contribution in [3.05, 3.63) is 0 Å². The lowest BCUT2D eigenvalue weighted by Gasteiger charge is -2.46. The van der Waals surface area contributed by atoms with E-state index in [1.165, 1.54) is 0 Å². The van der Waals surface area contributed by atoms with Crippen LogP contribution in [0.15, 0.2) is 0 Å². The highest BCUT2D eigenvalue weighted by molar-refractivity contribution is 5.85. The van der Waals surface area contributed by atoms with Crippen LogP contribution in [0.4, 0.5) is 26.3 Å². The van der Waals surface area contributed by atoms with Gasteiger partial charge in [0.05, 0.1) is 0 Å². The topological polar surface area (TPSA) is 20.3 Å². The van der Waals surface area contributed by atoms with Gasteiger partial charge in [0.25, 0.3) is 0 Å². The molecule has 2 aliphatic carbocycles. The van der Waals surface area contributed by atoms with E-state index < -0.39 is 35.8 Å². The fraction of sp³-hybridized carbons (Fsp3) is 0.941. The Hall–Kier alpha value is -0.950. The summed E-state index contributed by atoms with van der Waals surface area (Å²) < 4.78 is 80.3. The van der Waals surface area contributed by atoms with Crippen molar-refractivity contribution in [3.8, 4) is 0 Å². The number of halogens is 6. The average molecular weight is 373 g/mol. The van der Waals surface area contributed by atoms with Crippen LogP contribution in [-0.4, -0.2) is 35.2 Å². The van der Waals surface area contributed by atoms with Gasteiger partial charge in [-0.3, -0.25) is 4.79 Å². The largest absolute Gasteiger partial charge is 0.411 e. The van der Waals surface area contributed by atoms with E-state index >= 15 is 0 Å². The molecular weight excluding hydrogens is 348 g/mol. The van der Waals surface area contributed by atoms with Crippen LogP contribution in [0, 0.1) is 5.41 Å². The monoisotopic (exact) mass is 373 g/mol. The lowest BCUT2D eigenvalue weighted by Crippen LogP contribution is -2.62. The number of hydrogen-bond donors (Lipinski definition) is 0. The molecule has 0 unspecified atom stereocenters. The van der Waals surface area contributed by atoms with Crippen molar-refractivity contribution >= 4 is 5.91 Å². The van der Waals surface area contributed by atoms with Crippen LogP contribution in [0.3, 0.4) is 0 Å². The van der Waals surface area contributed by atoms with Crippen molar-refractivity contribution in [2.75, 3.05) is 0 Å². The first-order valence-electron chi connectivity index (χ1n) is 8.96. The molecule has 8 heteroatoms. The summed E-state index contributed by atoms with van der Waals surface area (Å²) in [5.41, 5.74) is -4.35. The Bertz CT molecular complexity index is 429. The maximum atomic E-state index is 13.4. The zero-order chi connectivity index (χ0) is 18.9. The third-order valence-electron chi connectivity index (χ3n) is 5.73. The van der Waals surface area contributed by atoms with Gasteiger partial charge < -0.3 is 4.90 Å². The molecule has 2 nitrogen and oxygen atoms in total. The van der Waals surface area contributed by atoms with E-state index in [4.69, 9.17) is 0 Å². The van der Waals surface area contributed by atoms with E-state index in [0.29, 0.717) is 25.7 Å². The molecule has 0 aromatic rings. The van der Waals surface area contributed by atoms with Crippen molar-refractivity contribution in [3.63, 3.8) is 0 Å². The molecule has 0 aromatic heterocycles. The molecule has 2 fully saturated rings. The van der Waals surface area contributed by atoms with E-state index in [1.807, 2.05) is 0 Å². The van der Waals surface area contributed by atoms with Crippen LogP contribution in [0.25, 0.3) is 0 Å². The molecule has 0 spiro atoms. The van der Waals surface area contributed by atoms with E-state index in [-0.39, 0.29) is 6.92 Å². The minimum atomic E-state index is -5.68. The van der Waals surface area contributed by atoms with Gasteiger partial charge in [-0.05, 0) is 32.6 Å². The molecule has 0 heterocycles. The maximum Gasteiger partial charge on any atom is 0.411 e. The summed E-state index contributed by atoms with van der Waals surface area (Å²) in [7, 11) is 0. The van der Waals surface area contributed by atoms with E-state index in [0.717, 1.165) is 43.4 Å². The third-order valence-corrected chi connectivity index (χ3v) is 5.73. The standard InChI is InChI=1S/C17H25F6NO/c1-15(16(18,19)20,17(21,22)23)14(25)24(12-8-4-2-5-9-12)13-10-6-3-7-11-13/h12-13H,2-11H2,1H3.